The summed E-state index contributed by atoms with van der Waals surface area (Å²) < 4.78 is 0. The number of nitrogens with zero attached hydrogens (tertiary/aromatic N) is 1. The first-order valence-corrected chi connectivity index (χ1v) is 5.43. The molecule has 70 valence electrons. The zero-order valence-corrected chi connectivity index (χ0v) is 8.87. The highest BCUT2D eigenvalue weighted by Gasteiger charge is 2.10. The summed E-state index contributed by atoms with van der Waals surface area (Å²) >= 11 is 1.81. The number of thiazole rings is 1. The highest BCUT2D eigenvalue weighted by molar-refractivity contribution is 7.12. The van der Waals surface area contributed by atoms with Gasteiger partial charge in [0.15, 0.2) is 0 Å². The Balaban J connectivity index is 2.29. The summed E-state index contributed by atoms with van der Waals surface area (Å²) in [4.78, 5) is 5.90. The van der Waals surface area contributed by atoms with E-state index in [2.05, 4.69) is 30.2 Å². The highest BCUT2D eigenvalue weighted by Crippen LogP contribution is 2.26. The molecule has 0 bridgehead atoms. The maximum Gasteiger partial charge on any atom is 0.119 e. The van der Waals surface area contributed by atoms with Gasteiger partial charge in [-0.1, -0.05) is 6.08 Å². The molecule has 1 aliphatic heterocycles. The quantitative estimate of drug-likeness (QED) is 0.741. The zero-order chi connectivity index (χ0) is 9.26. The Morgan fingerprint density at radius 2 is 2.31 bits per heavy atom. The molecule has 1 aromatic rings. The first-order valence-electron chi connectivity index (χ1n) is 4.61. The van der Waals surface area contributed by atoms with Crippen molar-refractivity contribution in [1.82, 2.24) is 10.3 Å². The second-order valence-corrected chi connectivity index (χ2v) is 4.55. The standard InChI is InChI=1S/C10H14N2S/c1-7-8(2)13-10(12-7)9-3-5-11-6-4-9/h3,11H,4-6H2,1-2H3. The Bertz CT molecular complexity index is 319. The van der Waals surface area contributed by atoms with Gasteiger partial charge < -0.3 is 5.32 Å². The van der Waals surface area contributed by atoms with Crippen molar-refractivity contribution < 1.29 is 0 Å². The Labute approximate surface area is 82.7 Å². The molecule has 13 heavy (non-hydrogen) atoms. The molecule has 1 aromatic heterocycles. The lowest BCUT2D eigenvalue weighted by atomic mass is 10.1. The molecule has 0 unspecified atom stereocenters. The largest absolute Gasteiger partial charge is 0.313 e. The van der Waals surface area contributed by atoms with Crippen LogP contribution in [0, 0.1) is 13.8 Å². The lowest BCUT2D eigenvalue weighted by Crippen LogP contribution is -2.19. The van der Waals surface area contributed by atoms with Gasteiger partial charge in [-0.3, -0.25) is 0 Å². The van der Waals surface area contributed by atoms with Gasteiger partial charge in [-0.25, -0.2) is 4.98 Å². The number of aromatic nitrogens is 1. The average molecular weight is 194 g/mol. The van der Waals surface area contributed by atoms with E-state index in [1.807, 2.05) is 11.3 Å². The van der Waals surface area contributed by atoms with Crippen LogP contribution in [0.4, 0.5) is 0 Å². The molecule has 1 aliphatic rings. The van der Waals surface area contributed by atoms with E-state index < -0.39 is 0 Å². The normalized spacial score (nSPS) is 17.2. The minimum Gasteiger partial charge on any atom is -0.313 e. The maximum absolute atomic E-state index is 4.56. The summed E-state index contributed by atoms with van der Waals surface area (Å²) in [5, 5.41) is 4.53. The zero-order valence-electron chi connectivity index (χ0n) is 8.05. The van der Waals surface area contributed by atoms with Crippen LogP contribution < -0.4 is 5.32 Å². The first-order chi connectivity index (χ1) is 6.27. The first kappa shape index (κ1) is 8.91. The number of aryl methyl sites for hydroxylation is 2. The molecule has 2 nitrogen and oxygen atoms in total. The summed E-state index contributed by atoms with van der Waals surface area (Å²) in [6, 6.07) is 0. The van der Waals surface area contributed by atoms with Crippen molar-refractivity contribution in [2.75, 3.05) is 13.1 Å². The van der Waals surface area contributed by atoms with Gasteiger partial charge in [0.05, 0.1) is 5.69 Å². The molecule has 1 N–H and O–H groups in total. The maximum atomic E-state index is 4.56. The lowest BCUT2D eigenvalue weighted by molar-refractivity contribution is 0.738. The third-order valence-corrected chi connectivity index (χ3v) is 3.52. The van der Waals surface area contributed by atoms with Crippen LogP contribution in [0.2, 0.25) is 0 Å². The van der Waals surface area contributed by atoms with E-state index >= 15 is 0 Å². The van der Waals surface area contributed by atoms with Gasteiger partial charge in [-0.05, 0) is 32.4 Å². The molecule has 0 saturated heterocycles. The van der Waals surface area contributed by atoms with Crippen LogP contribution in [-0.4, -0.2) is 18.1 Å². The van der Waals surface area contributed by atoms with Crippen molar-refractivity contribution in [3.05, 3.63) is 21.7 Å². The van der Waals surface area contributed by atoms with E-state index in [0.717, 1.165) is 19.5 Å². The fourth-order valence-electron chi connectivity index (χ4n) is 1.43. The second kappa shape index (κ2) is 3.60. The van der Waals surface area contributed by atoms with Crippen LogP contribution in [0.15, 0.2) is 6.08 Å². The number of rotatable bonds is 1. The summed E-state index contributed by atoms with van der Waals surface area (Å²) in [6.45, 7) is 6.30. The molecule has 0 atom stereocenters. The third kappa shape index (κ3) is 1.81. The monoisotopic (exact) mass is 194 g/mol. The molecule has 0 saturated carbocycles. The summed E-state index contributed by atoms with van der Waals surface area (Å²) in [5.74, 6) is 0. The van der Waals surface area contributed by atoms with Gasteiger partial charge in [-0.15, -0.1) is 11.3 Å². The molecule has 0 radical (unpaired) electrons. The fraction of sp³-hybridized carbons (Fsp3) is 0.500. The van der Waals surface area contributed by atoms with Crippen LogP contribution in [-0.2, 0) is 0 Å². The second-order valence-electron chi connectivity index (χ2n) is 3.34. The Hall–Kier alpha value is -0.670. The van der Waals surface area contributed by atoms with Crippen LogP contribution in [0.5, 0.6) is 0 Å². The van der Waals surface area contributed by atoms with E-state index in [0.29, 0.717) is 0 Å². The van der Waals surface area contributed by atoms with Gasteiger partial charge in [0.1, 0.15) is 5.01 Å². The van der Waals surface area contributed by atoms with Crippen molar-refractivity contribution in [2.24, 2.45) is 0 Å². The van der Waals surface area contributed by atoms with E-state index in [1.165, 1.54) is 21.2 Å². The molecular weight excluding hydrogens is 180 g/mol. The van der Waals surface area contributed by atoms with Gasteiger partial charge in [-0.2, -0.15) is 0 Å². The van der Waals surface area contributed by atoms with Crippen molar-refractivity contribution in [1.29, 1.82) is 0 Å². The molecule has 0 aliphatic carbocycles. The molecule has 2 heterocycles. The Morgan fingerprint density at radius 1 is 1.46 bits per heavy atom. The van der Waals surface area contributed by atoms with Crippen LogP contribution in [0.1, 0.15) is 22.0 Å². The SMILES string of the molecule is Cc1nc(C2=CCNCC2)sc1C. The Kier molecular flexibility index (Phi) is 2.47. The molecule has 0 fully saturated rings. The topological polar surface area (TPSA) is 24.9 Å². The molecule has 0 aromatic carbocycles. The van der Waals surface area contributed by atoms with Crippen molar-refractivity contribution in [2.45, 2.75) is 20.3 Å². The van der Waals surface area contributed by atoms with E-state index in [-0.39, 0.29) is 0 Å². The van der Waals surface area contributed by atoms with Gasteiger partial charge in [0.2, 0.25) is 0 Å². The summed E-state index contributed by atoms with van der Waals surface area (Å²) in [7, 11) is 0. The van der Waals surface area contributed by atoms with Crippen molar-refractivity contribution in [3.8, 4) is 0 Å². The summed E-state index contributed by atoms with van der Waals surface area (Å²) in [6.07, 6.45) is 3.37. The number of nitrogens with one attached hydrogen (secondary N) is 1. The number of hydrogen-bond acceptors (Lipinski definition) is 3. The molecular formula is C10H14N2S. The van der Waals surface area contributed by atoms with Gasteiger partial charge in [0.25, 0.3) is 0 Å². The highest BCUT2D eigenvalue weighted by atomic mass is 32.1. The number of hydrogen-bond donors (Lipinski definition) is 1. The van der Waals surface area contributed by atoms with Crippen LogP contribution in [0.25, 0.3) is 5.57 Å². The van der Waals surface area contributed by atoms with E-state index in [4.69, 9.17) is 0 Å². The Morgan fingerprint density at radius 3 is 2.85 bits per heavy atom. The van der Waals surface area contributed by atoms with E-state index in [1.54, 1.807) is 0 Å². The van der Waals surface area contributed by atoms with Gasteiger partial charge >= 0.3 is 0 Å². The minimum atomic E-state index is 0.993. The fourth-order valence-corrected chi connectivity index (χ4v) is 2.41. The van der Waals surface area contributed by atoms with E-state index in [9.17, 15) is 0 Å². The van der Waals surface area contributed by atoms with Gasteiger partial charge in [0, 0.05) is 11.4 Å². The van der Waals surface area contributed by atoms with Crippen molar-refractivity contribution in [3.63, 3.8) is 0 Å². The average Bonchev–Trinajstić information content (AvgIpc) is 2.49. The predicted molar refractivity (Wildman–Crippen MR) is 57.1 cm³/mol. The molecule has 0 amide bonds. The summed E-state index contributed by atoms with van der Waals surface area (Å²) in [5.41, 5.74) is 2.60. The van der Waals surface area contributed by atoms with Crippen LogP contribution in [0.3, 0.4) is 0 Å². The molecule has 2 rings (SSSR count). The van der Waals surface area contributed by atoms with Crippen molar-refractivity contribution >= 4 is 16.9 Å². The third-order valence-electron chi connectivity index (χ3n) is 2.37. The predicted octanol–water partition coefficient (Wildman–Crippen LogP) is 2.14. The lowest BCUT2D eigenvalue weighted by Gasteiger charge is -2.11. The molecule has 0 spiro atoms. The minimum absolute atomic E-state index is 0.993. The van der Waals surface area contributed by atoms with Crippen LogP contribution >= 0.6 is 11.3 Å². The molecule has 3 heteroatoms. The smallest absolute Gasteiger partial charge is 0.119 e.